The summed E-state index contributed by atoms with van der Waals surface area (Å²) >= 11 is 0. The minimum Gasteiger partial charge on any atom is -0.317 e. The molecule has 0 spiro atoms. The van der Waals surface area contributed by atoms with Crippen LogP contribution in [0, 0.1) is 0 Å². The lowest BCUT2D eigenvalue weighted by molar-refractivity contribution is 0.0552. The van der Waals surface area contributed by atoms with Gasteiger partial charge in [-0.2, -0.15) is 0 Å². The van der Waals surface area contributed by atoms with Gasteiger partial charge in [-0.25, -0.2) is 10.0 Å². The molecule has 3 nitrogen and oxygen atoms in total. The fourth-order valence-electron chi connectivity index (χ4n) is 2.50. The minimum atomic E-state index is 1.14. The van der Waals surface area contributed by atoms with Crippen LogP contribution in [-0.2, 0) is 0 Å². The first-order valence-corrected chi connectivity index (χ1v) is 9.27. The zero-order valence-corrected chi connectivity index (χ0v) is 15.3. The molecule has 0 rings (SSSR count). The lowest BCUT2D eigenvalue weighted by Gasteiger charge is -2.23. The molecule has 0 fully saturated rings. The number of hydrazine groups is 1. The van der Waals surface area contributed by atoms with Gasteiger partial charge in [0.15, 0.2) is 0 Å². The molecule has 0 aromatic rings. The van der Waals surface area contributed by atoms with Gasteiger partial charge in [-0.15, -0.1) is 0 Å². The Balaban J connectivity index is 3.03. The summed E-state index contributed by atoms with van der Waals surface area (Å²) in [6.07, 6.45) is 15.4. The predicted molar refractivity (Wildman–Crippen MR) is 95.6 cm³/mol. The highest BCUT2D eigenvalue weighted by Crippen LogP contribution is 2.10. The molecule has 0 unspecified atom stereocenters. The van der Waals surface area contributed by atoms with Crippen LogP contribution < -0.4 is 5.32 Å². The summed E-state index contributed by atoms with van der Waals surface area (Å²) in [6.45, 7) is 5.77. The molecular formula is C18H41N3. The maximum atomic E-state index is 3.56. The van der Waals surface area contributed by atoms with Gasteiger partial charge in [0.25, 0.3) is 0 Å². The summed E-state index contributed by atoms with van der Waals surface area (Å²) in [5, 5.41) is 7.95. The van der Waals surface area contributed by atoms with Crippen molar-refractivity contribution in [2.24, 2.45) is 0 Å². The van der Waals surface area contributed by atoms with E-state index in [1.807, 2.05) is 0 Å². The van der Waals surface area contributed by atoms with Crippen LogP contribution in [0.25, 0.3) is 0 Å². The molecular weight excluding hydrogens is 258 g/mol. The zero-order chi connectivity index (χ0) is 15.8. The number of nitrogens with one attached hydrogen (secondary N) is 1. The molecule has 0 aromatic carbocycles. The molecule has 1 N–H and O–H groups in total. The van der Waals surface area contributed by atoms with Crippen LogP contribution in [0.3, 0.4) is 0 Å². The predicted octanol–water partition coefficient (Wildman–Crippen LogP) is 4.30. The quantitative estimate of drug-likeness (QED) is 0.339. The average Bonchev–Trinajstić information content (AvgIpc) is 2.47. The zero-order valence-electron chi connectivity index (χ0n) is 15.3. The van der Waals surface area contributed by atoms with Gasteiger partial charge in [-0.3, -0.25) is 0 Å². The fraction of sp³-hybridized carbons (Fsp3) is 1.00. The Labute approximate surface area is 134 Å². The third-order valence-corrected chi connectivity index (χ3v) is 4.23. The van der Waals surface area contributed by atoms with Crippen molar-refractivity contribution in [1.29, 1.82) is 0 Å². The van der Waals surface area contributed by atoms with Gasteiger partial charge < -0.3 is 5.32 Å². The van der Waals surface area contributed by atoms with Crippen molar-refractivity contribution in [1.82, 2.24) is 15.3 Å². The van der Waals surface area contributed by atoms with Crippen LogP contribution in [0.15, 0.2) is 0 Å². The van der Waals surface area contributed by atoms with Crippen LogP contribution in [0.4, 0.5) is 0 Å². The molecule has 3 heteroatoms. The van der Waals surface area contributed by atoms with Crippen LogP contribution in [0.1, 0.15) is 77.6 Å². The lowest BCUT2D eigenvalue weighted by atomic mass is 10.1. The highest BCUT2D eigenvalue weighted by atomic mass is 15.6. The van der Waals surface area contributed by atoms with Crippen molar-refractivity contribution in [2.75, 3.05) is 40.8 Å². The Bertz CT molecular complexity index is 195. The Morgan fingerprint density at radius 3 is 1.62 bits per heavy atom. The summed E-state index contributed by atoms with van der Waals surface area (Å²) in [7, 11) is 6.33. The molecule has 21 heavy (non-hydrogen) atoms. The maximum absolute atomic E-state index is 3.56. The van der Waals surface area contributed by atoms with E-state index in [-0.39, 0.29) is 0 Å². The van der Waals surface area contributed by atoms with Gasteiger partial charge in [0, 0.05) is 27.7 Å². The topological polar surface area (TPSA) is 18.5 Å². The normalized spacial score (nSPS) is 11.7. The molecule has 0 aliphatic heterocycles. The Morgan fingerprint density at radius 1 is 0.619 bits per heavy atom. The van der Waals surface area contributed by atoms with Gasteiger partial charge in [-0.05, 0) is 25.9 Å². The van der Waals surface area contributed by atoms with Crippen molar-refractivity contribution >= 4 is 0 Å². The maximum Gasteiger partial charge on any atom is 0.0142 e. The van der Waals surface area contributed by atoms with E-state index in [1.54, 1.807) is 0 Å². The number of nitrogens with zero attached hydrogens (tertiary/aromatic N) is 2. The molecule has 0 aliphatic carbocycles. The molecule has 0 bridgehead atoms. The van der Waals surface area contributed by atoms with Crippen LogP contribution in [0.2, 0.25) is 0 Å². The Kier molecular flexibility index (Phi) is 16.2. The third kappa shape index (κ3) is 16.1. The third-order valence-electron chi connectivity index (χ3n) is 4.23. The van der Waals surface area contributed by atoms with Gasteiger partial charge in [0.2, 0.25) is 0 Å². The first-order chi connectivity index (χ1) is 10.2. The van der Waals surface area contributed by atoms with Crippen LogP contribution in [-0.4, -0.2) is 50.8 Å². The monoisotopic (exact) mass is 299 g/mol. The van der Waals surface area contributed by atoms with Crippen molar-refractivity contribution < 1.29 is 0 Å². The standard InChI is InChI=1S/C18H41N3/c1-5-6-7-8-9-10-11-12-13-14-16-19-17-15-18-21(4)20(2)3/h19H,5-18H2,1-4H3. The van der Waals surface area contributed by atoms with Crippen molar-refractivity contribution in [3.63, 3.8) is 0 Å². The summed E-state index contributed by atoms with van der Waals surface area (Å²) < 4.78 is 0. The van der Waals surface area contributed by atoms with Crippen molar-refractivity contribution in [2.45, 2.75) is 77.6 Å². The SMILES string of the molecule is CCCCCCCCCCCCNCCCN(C)N(C)C. The Hall–Kier alpha value is -0.120. The van der Waals surface area contributed by atoms with E-state index in [0.717, 1.165) is 13.1 Å². The first-order valence-electron chi connectivity index (χ1n) is 9.27. The summed E-state index contributed by atoms with van der Waals surface area (Å²) in [6, 6.07) is 0. The van der Waals surface area contributed by atoms with Gasteiger partial charge in [0.05, 0.1) is 0 Å². The first kappa shape index (κ1) is 20.9. The smallest absolute Gasteiger partial charge is 0.0142 e. The van der Waals surface area contributed by atoms with Gasteiger partial charge >= 0.3 is 0 Å². The molecule has 0 aliphatic rings. The minimum absolute atomic E-state index is 1.14. The van der Waals surface area contributed by atoms with Crippen LogP contribution in [0.5, 0.6) is 0 Å². The molecule has 0 saturated heterocycles. The molecule has 0 saturated carbocycles. The van der Waals surface area contributed by atoms with E-state index in [1.165, 1.54) is 77.2 Å². The van der Waals surface area contributed by atoms with E-state index in [0.29, 0.717) is 0 Å². The largest absolute Gasteiger partial charge is 0.317 e. The molecule has 0 atom stereocenters. The highest BCUT2D eigenvalue weighted by molar-refractivity contribution is 4.53. The van der Waals surface area contributed by atoms with Crippen molar-refractivity contribution in [3.8, 4) is 0 Å². The van der Waals surface area contributed by atoms with E-state index < -0.39 is 0 Å². The molecule has 0 aromatic heterocycles. The number of hydrogen-bond acceptors (Lipinski definition) is 3. The fourth-order valence-corrected chi connectivity index (χ4v) is 2.50. The summed E-state index contributed by atoms with van der Waals surface area (Å²) in [5.74, 6) is 0. The molecule has 0 amide bonds. The average molecular weight is 300 g/mol. The number of hydrogen-bond donors (Lipinski definition) is 1. The highest BCUT2D eigenvalue weighted by Gasteiger charge is 1.98. The van der Waals surface area contributed by atoms with E-state index in [2.05, 4.69) is 43.4 Å². The van der Waals surface area contributed by atoms with E-state index in [9.17, 15) is 0 Å². The lowest BCUT2D eigenvalue weighted by Crippen LogP contribution is -2.35. The number of rotatable bonds is 16. The summed E-state index contributed by atoms with van der Waals surface area (Å²) in [4.78, 5) is 0. The van der Waals surface area contributed by atoms with Crippen LogP contribution >= 0.6 is 0 Å². The molecule has 0 heterocycles. The van der Waals surface area contributed by atoms with Gasteiger partial charge in [0.1, 0.15) is 0 Å². The summed E-state index contributed by atoms with van der Waals surface area (Å²) in [5.41, 5.74) is 0. The van der Waals surface area contributed by atoms with Crippen molar-refractivity contribution in [3.05, 3.63) is 0 Å². The second kappa shape index (κ2) is 16.3. The Morgan fingerprint density at radius 2 is 1.10 bits per heavy atom. The van der Waals surface area contributed by atoms with E-state index >= 15 is 0 Å². The second-order valence-electron chi connectivity index (χ2n) is 6.51. The second-order valence-corrected chi connectivity index (χ2v) is 6.51. The number of unbranched alkanes of at least 4 members (excludes halogenated alkanes) is 9. The molecule has 128 valence electrons. The van der Waals surface area contributed by atoms with Gasteiger partial charge in [-0.1, -0.05) is 64.7 Å². The van der Waals surface area contributed by atoms with E-state index in [4.69, 9.17) is 0 Å². The molecule has 0 radical (unpaired) electrons.